The molecule has 0 unspecified atom stereocenters. The molecule has 53 heavy (non-hydrogen) atoms. The Hall–Kier alpha value is -6.55. The first-order chi connectivity index (χ1) is 26.3. The van der Waals surface area contributed by atoms with E-state index in [1.54, 1.807) is 0 Å². The fourth-order valence-corrected chi connectivity index (χ4v) is 10.7. The molecule has 0 atom stereocenters. The van der Waals surface area contributed by atoms with Gasteiger partial charge < -0.3 is 0 Å². The number of para-hydroxylation sites is 2. The highest BCUT2D eigenvalue weighted by Crippen LogP contribution is 2.63. The van der Waals surface area contributed by atoms with Crippen molar-refractivity contribution in [2.75, 3.05) is 4.90 Å². The second-order valence-electron chi connectivity index (χ2n) is 14.2. The summed E-state index contributed by atoms with van der Waals surface area (Å²) in [6, 6.07) is 67.0. The van der Waals surface area contributed by atoms with Crippen LogP contribution < -0.4 is 4.90 Å². The van der Waals surface area contributed by atoms with Crippen LogP contribution in [0.25, 0.3) is 64.1 Å². The van der Waals surface area contributed by atoms with Crippen molar-refractivity contribution < 1.29 is 0 Å². The lowest BCUT2D eigenvalue weighted by Crippen LogP contribution is -2.36. The first-order valence-corrected chi connectivity index (χ1v) is 19.0. The van der Waals surface area contributed by atoms with E-state index in [1.165, 1.54) is 69.7 Å². The Morgan fingerprint density at radius 2 is 0.981 bits per heavy atom. The normalized spacial score (nSPS) is 13.8. The molecule has 0 bridgehead atoms. The maximum atomic E-state index is 5.66. The highest BCUT2D eigenvalue weighted by atomic mass is 32.1. The number of fused-ring (bicyclic) bond motifs is 16. The third-order valence-electron chi connectivity index (χ3n) is 11.6. The van der Waals surface area contributed by atoms with E-state index < -0.39 is 5.41 Å². The summed E-state index contributed by atoms with van der Waals surface area (Å²) in [6.07, 6.45) is 0. The number of hydrogen-bond acceptors (Lipinski definition) is 3. The molecule has 1 spiro atoms. The van der Waals surface area contributed by atoms with Gasteiger partial charge in [-0.05, 0) is 79.9 Å². The summed E-state index contributed by atoms with van der Waals surface area (Å²) >= 11 is 1.88. The molecule has 0 fully saturated rings. The molecule has 1 aliphatic heterocycles. The Balaban J connectivity index is 1.22. The highest BCUT2D eigenvalue weighted by molar-refractivity contribution is 7.26. The smallest absolute Gasteiger partial charge is 0.138 e. The molecule has 8 aromatic carbocycles. The predicted octanol–water partition coefficient (Wildman–Crippen LogP) is 13.6. The van der Waals surface area contributed by atoms with Gasteiger partial charge in [0.2, 0.25) is 0 Å². The molecule has 0 radical (unpaired) electrons. The fraction of sp³-hybridized carbons (Fsp3) is 0.0200. The Labute approximate surface area is 310 Å². The number of hydrogen-bond donors (Lipinski definition) is 0. The lowest BCUT2D eigenvalue weighted by Gasteiger charge is -2.44. The average Bonchev–Trinajstić information content (AvgIpc) is 3.76. The Kier molecular flexibility index (Phi) is 5.89. The molecule has 246 valence electrons. The second-order valence-corrected chi connectivity index (χ2v) is 15.3. The van der Waals surface area contributed by atoms with Crippen LogP contribution in [-0.4, -0.2) is 4.98 Å². The van der Waals surface area contributed by atoms with Crippen molar-refractivity contribution in [3.05, 3.63) is 204 Å². The monoisotopic (exact) mass is 690 g/mol. The van der Waals surface area contributed by atoms with E-state index in [2.05, 4.69) is 187 Å². The van der Waals surface area contributed by atoms with E-state index in [4.69, 9.17) is 4.98 Å². The summed E-state index contributed by atoms with van der Waals surface area (Å²) in [5.74, 6) is 0.915. The van der Waals surface area contributed by atoms with E-state index in [0.29, 0.717) is 0 Å². The molecular formula is C50H30N2S. The first-order valence-electron chi connectivity index (χ1n) is 18.2. The topological polar surface area (TPSA) is 16.1 Å². The van der Waals surface area contributed by atoms with Crippen LogP contribution in [0.15, 0.2) is 182 Å². The van der Waals surface area contributed by atoms with Crippen LogP contribution in [0.2, 0.25) is 0 Å². The van der Waals surface area contributed by atoms with Gasteiger partial charge in [-0.2, -0.15) is 0 Å². The molecule has 12 rings (SSSR count). The van der Waals surface area contributed by atoms with Crippen LogP contribution in [0.4, 0.5) is 17.2 Å². The zero-order valence-electron chi connectivity index (χ0n) is 28.6. The van der Waals surface area contributed by atoms with Crippen molar-refractivity contribution in [2.45, 2.75) is 5.41 Å². The zero-order chi connectivity index (χ0) is 34.7. The number of anilines is 3. The van der Waals surface area contributed by atoms with Gasteiger partial charge in [-0.25, -0.2) is 4.98 Å². The minimum atomic E-state index is -0.467. The van der Waals surface area contributed by atoms with Crippen LogP contribution in [-0.2, 0) is 5.41 Å². The molecule has 10 aromatic rings. The summed E-state index contributed by atoms with van der Waals surface area (Å²) in [5, 5.41) is 7.55. The van der Waals surface area contributed by atoms with Crippen molar-refractivity contribution in [3.8, 4) is 22.4 Å². The second kappa shape index (κ2) is 10.7. The molecule has 2 aromatic heterocycles. The summed E-state index contributed by atoms with van der Waals surface area (Å²) in [5.41, 5.74) is 11.7. The molecule has 2 nitrogen and oxygen atoms in total. The number of rotatable bonds is 2. The Morgan fingerprint density at radius 1 is 0.434 bits per heavy atom. The summed E-state index contributed by atoms with van der Waals surface area (Å²) in [4.78, 5) is 8.09. The molecule has 0 N–H and O–H groups in total. The van der Waals surface area contributed by atoms with Gasteiger partial charge >= 0.3 is 0 Å². The van der Waals surface area contributed by atoms with E-state index >= 15 is 0 Å². The van der Waals surface area contributed by atoms with Crippen LogP contribution >= 0.6 is 11.3 Å². The van der Waals surface area contributed by atoms with Crippen LogP contribution in [0.3, 0.4) is 0 Å². The van der Waals surface area contributed by atoms with Crippen LogP contribution in [0, 0.1) is 0 Å². The Morgan fingerprint density at radius 3 is 1.68 bits per heavy atom. The van der Waals surface area contributed by atoms with Crippen molar-refractivity contribution in [3.63, 3.8) is 0 Å². The molecule has 1 aliphatic carbocycles. The van der Waals surface area contributed by atoms with E-state index in [1.807, 2.05) is 11.3 Å². The summed E-state index contributed by atoms with van der Waals surface area (Å²) < 4.78 is 2.59. The lowest BCUT2D eigenvalue weighted by atomic mass is 9.65. The quantitative estimate of drug-likeness (QED) is 0.179. The molecule has 3 heteroatoms. The molecule has 3 heterocycles. The third-order valence-corrected chi connectivity index (χ3v) is 12.8. The number of nitrogens with zero attached hydrogens (tertiary/aromatic N) is 2. The maximum Gasteiger partial charge on any atom is 0.138 e. The van der Waals surface area contributed by atoms with Gasteiger partial charge in [-0.1, -0.05) is 152 Å². The van der Waals surface area contributed by atoms with Crippen molar-refractivity contribution >= 4 is 70.2 Å². The van der Waals surface area contributed by atoms with E-state index in [-0.39, 0.29) is 0 Å². The minimum absolute atomic E-state index is 0.467. The average molecular weight is 691 g/mol. The third kappa shape index (κ3) is 3.79. The van der Waals surface area contributed by atoms with Gasteiger partial charge in [0.25, 0.3) is 0 Å². The minimum Gasteiger partial charge on any atom is -0.294 e. The van der Waals surface area contributed by atoms with Gasteiger partial charge in [0, 0.05) is 31.1 Å². The number of thiophene rings is 1. The van der Waals surface area contributed by atoms with Crippen LogP contribution in [0.1, 0.15) is 22.3 Å². The van der Waals surface area contributed by atoms with Crippen molar-refractivity contribution in [2.24, 2.45) is 0 Å². The molecule has 0 saturated carbocycles. The van der Waals surface area contributed by atoms with Gasteiger partial charge in [-0.15, -0.1) is 11.3 Å². The molecule has 2 aliphatic rings. The summed E-state index contributed by atoms with van der Waals surface area (Å²) in [6.45, 7) is 0. The zero-order valence-corrected chi connectivity index (χ0v) is 29.4. The lowest BCUT2D eigenvalue weighted by molar-refractivity contribution is 0.751. The van der Waals surface area contributed by atoms with Gasteiger partial charge in [0.15, 0.2) is 0 Å². The van der Waals surface area contributed by atoms with Crippen LogP contribution in [0.5, 0.6) is 0 Å². The first kappa shape index (κ1) is 29.1. The molecule has 0 saturated heterocycles. The fourth-order valence-electron chi connectivity index (χ4n) is 9.59. The number of pyridine rings is 1. The van der Waals surface area contributed by atoms with E-state index in [0.717, 1.165) is 33.8 Å². The molecule has 0 amide bonds. The Bertz CT molecular complexity index is 3040. The van der Waals surface area contributed by atoms with Gasteiger partial charge in [0.05, 0.1) is 22.5 Å². The highest BCUT2D eigenvalue weighted by Gasteiger charge is 2.51. The molecular weight excluding hydrogens is 661 g/mol. The standard InChI is InChI=1S/C50H30N2S/c1-2-15-32(16-3-1)49-36-27-29-45-48(47-33-17-5-4-14-31(33)26-28-44(47)53-45)37(36)30-46(51-49)52-42-24-12-10-22-40(42)50(41-23-11-13-25-43(41)52)38-20-8-6-18-34(38)35-19-7-9-21-39(35)50/h1-30H. The van der Waals surface area contributed by atoms with Gasteiger partial charge in [-0.3, -0.25) is 4.90 Å². The SMILES string of the molecule is c1ccc(-c2nc(N3c4ccccc4C4(c5ccccc5-c5ccccc54)c4ccccc43)cc3c2ccc2sc4ccc5ccccc5c4c23)cc1. The number of benzene rings is 8. The van der Waals surface area contributed by atoms with Crippen molar-refractivity contribution in [1.82, 2.24) is 4.98 Å². The summed E-state index contributed by atoms with van der Waals surface area (Å²) in [7, 11) is 0. The number of aromatic nitrogens is 1. The van der Waals surface area contributed by atoms with Crippen molar-refractivity contribution in [1.29, 1.82) is 0 Å². The van der Waals surface area contributed by atoms with E-state index in [9.17, 15) is 0 Å². The largest absolute Gasteiger partial charge is 0.294 e. The maximum absolute atomic E-state index is 5.66. The van der Waals surface area contributed by atoms with Gasteiger partial charge in [0.1, 0.15) is 5.82 Å². The predicted molar refractivity (Wildman–Crippen MR) is 223 cm³/mol.